The van der Waals surface area contributed by atoms with Crippen LogP contribution in [0.4, 0.5) is 0 Å². The molecule has 19 heavy (non-hydrogen) atoms. The van der Waals surface area contributed by atoms with Gasteiger partial charge in [0.15, 0.2) is 10.4 Å². The van der Waals surface area contributed by atoms with Gasteiger partial charge in [-0.2, -0.15) is 0 Å². The fourth-order valence-corrected chi connectivity index (χ4v) is 1.94. The van der Waals surface area contributed by atoms with E-state index in [1.54, 1.807) is 12.1 Å². The third-order valence-corrected chi connectivity index (χ3v) is 3.05. The van der Waals surface area contributed by atoms with E-state index >= 15 is 0 Å². The maximum absolute atomic E-state index is 11.6. The van der Waals surface area contributed by atoms with Gasteiger partial charge >= 0.3 is 0 Å². The Bertz CT molecular complexity index is 522. The van der Waals surface area contributed by atoms with E-state index in [1.165, 1.54) is 6.26 Å². The van der Waals surface area contributed by atoms with Crippen LogP contribution in [-0.2, 0) is 0 Å². The monoisotopic (exact) mass is 326 g/mol. The molecule has 2 N–H and O–H groups in total. The molecule has 0 aromatic carbocycles. The van der Waals surface area contributed by atoms with Crippen molar-refractivity contribution in [2.45, 2.75) is 13.0 Å². The molecule has 0 bridgehead atoms. The van der Waals surface area contributed by atoms with Crippen molar-refractivity contribution in [2.24, 2.45) is 0 Å². The lowest BCUT2D eigenvalue weighted by Gasteiger charge is -2.11. The molecule has 2 rings (SSSR count). The average Bonchev–Trinajstić information content (AvgIpc) is 3.04. The van der Waals surface area contributed by atoms with Gasteiger partial charge in [-0.3, -0.25) is 4.79 Å². The van der Waals surface area contributed by atoms with E-state index in [2.05, 4.69) is 26.6 Å². The normalized spacial score (nSPS) is 12.3. The number of rotatable bonds is 6. The van der Waals surface area contributed by atoms with Gasteiger partial charge in [-0.15, -0.1) is 0 Å². The predicted octanol–water partition coefficient (Wildman–Crippen LogP) is 2.72. The van der Waals surface area contributed by atoms with Crippen LogP contribution in [0.15, 0.2) is 44.0 Å². The fourth-order valence-electron chi connectivity index (χ4n) is 1.62. The molecule has 0 saturated heterocycles. The van der Waals surface area contributed by atoms with E-state index < -0.39 is 0 Å². The molecular weight excluding hydrogens is 312 g/mol. The molecule has 6 heteroatoms. The van der Waals surface area contributed by atoms with Gasteiger partial charge in [-0.1, -0.05) is 0 Å². The van der Waals surface area contributed by atoms with Gasteiger partial charge in [0.2, 0.25) is 0 Å². The summed E-state index contributed by atoms with van der Waals surface area (Å²) in [6, 6.07) is 7.16. The summed E-state index contributed by atoms with van der Waals surface area (Å²) in [6.07, 6.45) is 1.48. The number of halogens is 1. The van der Waals surface area contributed by atoms with Crippen molar-refractivity contribution in [1.82, 2.24) is 10.6 Å². The van der Waals surface area contributed by atoms with Gasteiger partial charge in [0, 0.05) is 13.1 Å². The van der Waals surface area contributed by atoms with Gasteiger partial charge in [-0.05, 0) is 47.1 Å². The van der Waals surface area contributed by atoms with E-state index in [4.69, 9.17) is 8.83 Å². The van der Waals surface area contributed by atoms with Crippen molar-refractivity contribution in [3.8, 4) is 0 Å². The highest BCUT2D eigenvalue weighted by molar-refractivity contribution is 9.10. The third kappa shape index (κ3) is 3.97. The van der Waals surface area contributed by atoms with Gasteiger partial charge < -0.3 is 19.5 Å². The number of hydrogen-bond donors (Lipinski definition) is 2. The molecule has 1 atom stereocenters. The number of carbonyl (C=O) groups is 1. The first-order valence-electron chi connectivity index (χ1n) is 5.97. The van der Waals surface area contributed by atoms with E-state index in [0.29, 0.717) is 23.5 Å². The van der Waals surface area contributed by atoms with Crippen molar-refractivity contribution in [3.05, 3.63) is 46.7 Å². The largest absolute Gasteiger partial charge is 0.459 e. The molecule has 0 radical (unpaired) electrons. The lowest BCUT2D eigenvalue weighted by molar-refractivity contribution is 0.0926. The van der Waals surface area contributed by atoms with Crippen LogP contribution in [0.25, 0.3) is 0 Å². The predicted molar refractivity (Wildman–Crippen MR) is 73.9 cm³/mol. The Morgan fingerprint density at radius 3 is 2.84 bits per heavy atom. The molecule has 2 heterocycles. The molecule has 2 aromatic rings. The molecule has 1 amide bonds. The molecule has 0 aliphatic rings. The molecule has 102 valence electrons. The summed E-state index contributed by atoms with van der Waals surface area (Å²) in [5.41, 5.74) is 0. The smallest absolute Gasteiger partial charge is 0.287 e. The van der Waals surface area contributed by atoms with Gasteiger partial charge in [0.05, 0.1) is 12.3 Å². The first-order chi connectivity index (χ1) is 9.16. The Morgan fingerprint density at radius 2 is 2.21 bits per heavy atom. The topological polar surface area (TPSA) is 67.4 Å². The van der Waals surface area contributed by atoms with Crippen molar-refractivity contribution in [2.75, 3.05) is 13.1 Å². The second-order valence-electron chi connectivity index (χ2n) is 4.05. The third-order valence-electron chi connectivity index (χ3n) is 2.63. The maximum Gasteiger partial charge on any atom is 0.287 e. The lowest BCUT2D eigenvalue weighted by atomic mass is 10.2. The minimum absolute atomic E-state index is 0.0896. The molecule has 1 unspecified atom stereocenters. The highest BCUT2D eigenvalue weighted by Crippen LogP contribution is 2.19. The molecule has 0 spiro atoms. The van der Waals surface area contributed by atoms with Crippen LogP contribution < -0.4 is 10.6 Å². The highest BCUT2D eigenvalue weighted by Gasteiger charge is 2.10. The SMILES string of the molecule is CC(NCCNC(=O)c1ccco1)c1ccc(Br)o1. The van der Waals surface area contributed by atoms with Crippen LogP contribution >= 0.6 is 15.9 Å². The summed E-state index contributed by atoms with van der Waals surface area (Å²) in [7, 11) is 0. The minimum Gasteiger partial charge on any atom is -0.459 e. The molecule has 0 fully saturated rings. The van der Waals surface area contributed by atoms with Crippen LogP contribution in [0.3, 0.4) is 0 Å². The Balaban J connectivity index is 1.68. The standard InChI is InChI=1S/C13H15BrN2O3/c1-9(10-4-5-12(14)19-10)15-6-7-16-13(17)11-3-2-8-18-11/h2-5,8-9,15H,6-7H2,1H3,(H,16,17). The molecular formula is C13H15BrN2O3. The van der Waals surface area contributed by atoms with Crippen molar-refractivity contribution in [1.29, 1.82) is 0 Å². The summed E-state index contributed by atoms with van der Waals surface area (Å²) < 4.78 is 11.1. The Labute approximate surface area is 119 Å². The second-order valence-corrected chi connectivity index (χ2v) is 4.83. The van der Waals surface area contributed by atoms with Crippen LogP contribution in [0.2, 0.25) is 0 Å². The summed E-state index contributed by atoms with van der Waals surface area (Å²) in [4.78, 5) is 11.6. The summed E-state index contributed by atoms with van der Waals surface area (Å²) in [5.74, 6) is 0.965. The number of amides is 1. The number of carbonyl (C=O) groups excluding carboxylic acids is 1. The average molecular weight is 327 g/mol. The van der Waals surface area contributed by atoms with E-state index in [1.807, 2.05) is 19.1 Å². The molecule has 5 nitrogen and oxygen atoms in total. The number of nitrogens with one attached hydrogen (secondary N) is 2. The van der Waals surface area contributed by atoms with E-state index in [9.17, 15) is 4.79 Å². The Hall–Kier alpha value is -1.53. The quantitative estimate of drug-likeness (QED) is 0.801. The van der Waals surface area contributed by atoms with Gasteiger partial charge in [0.1, 0.15) is 5.76 Å². The van der Waals surface area contributed by atoms with Crippen LogP contribution in [0, 0.1) is 0 Å². The zero-order valence-corrected chi connectivity index (χ0v) is 12.1. The molecule has 2 aromatic heterocycles. The van der Waals surface area contributed by atoms with Crippen LogP contribution in [0.1, 0.15) is 29.3 Å². The first kappa shape index (κ1) is 13.9. The van der Waals surface area contributed by atoms with Crippen molar-refractivity contribution < 1.29 is 13.6 Å². The van der Waals surface area contributed by atoms with E-state index in [0.717, 1.165) is 5.76 Å². The second kappa shape index (κ2) is 6.58. The molecule has 0 aliphatic carbocycles. The number of furan rings is 2. The minimum atomic E-state index is -0.208. The first-order valence-corrected chi connectivity index (χ1v) is 6.76. The zero-order chi connectivity index (χ0) is 13.7. The van der Waals surface area contributed by atoms with E-state index in [-0.39, 0.29) is 11.9 Å². The maximum atomic E-state index is 11.6. The van der Waals surface area contributed by atoms with Gasteiger partial charge in [-0.25, -0.2) is 0 Å². The highest BCUT2D eigenvalue weighted by atomic mass is 79.9. The lowest BCUT2D eigenvalue weighted by Crippen LogP contribution is -2.32. The fraction of sp³-hybridized carbons (Fsp3) is 0.308. The Morgan fingerprint density at radius 1 is 1.37 bits per heavy atom. The molecule has 0 aliphatic heterocycles. The van der Waals surface area contributed by atoms with Crippen molar-refractivity contribution >= 4 is 21.8 Å². The summed E-state index contributed by atoms with van der Waals surface area (Å²) in [5, 5.41) is 6.02. The van der Waals surface area contributed by atoms with Crippen LogP contribution in [0.5, 0.6) is 0 Å². The Kier molecular flexibility index (Phi) is 4.81. The van der Waals surface area contributed by atoms with Crippen molar-refractivity contribution in [3.63, 3.8) is 0 Å². The van der Waals surface area contributed by atoms with Crippen LogP contribution in [-0.4, -0.2) is 19.0 Å². The summed E-state index contributed by atoms with van der Waals surface area (Å²) >= 11 is 3.26. The molecule has 0 saturated carbocycles. The number of hydrogen-bond acceptors (Lipinski definition) is 4. The van der Waals surface area contributed by atoms with Gasteiger partial charge in [0.25, 0.3) is 5.91 Å². The summed E-state index contributed by atoms with van der Waals surface area (Å²) in [6.45, 7) is 3.16. The zero-order valence-electron chi connectivity index (χ0n) is 10.5.